The predicted molar refractivity (Wildman–Crippen MR) is 98.8 cm³/mol. The third-order valence-electron chi connectivity index (χ3n) is 2.97. The van der Waals surface area contributed by atoms with E-state index in [1.807, 2.05) is 9.40 Å². The highest BCUT2D eigenvalue weighted by molar-refractivity contribution is 14.1. The lowest BCUT2D eigenvalue weighted by atomic mass is 9.98. The first-order chi connectivity index (χ1) is 9.94. The third kappa shape index (κ3) is 5.65. The summed E-state index contributed by atoms with van der Waals surface area (Å²) in [6.45, 7) is 7.53. The van der Waals surface area contributed by atoms with Crippen LogP contribution in [0, 0.1) is 5.41 Å². The average Bonchev–Trinajstić information content (AvgIpc) is 2.46. The number of hydrogen-bond donors (Lipinski definition) is 2. The summed E-state index contributed by atoms with van der Waals surface area (Å²) in [5, 5.41) is 0. The quantitative estimate of drug-likeness (QED) is 0.429. The first-order valence-corrected chi connectivity index (χ1v) is 8.02. The smallest absolute Gasteiger partial charge is 0.0629 e. The second-order valence-corrected chi connectivity index (χ2v) is 7.20. The van der Waals surface area contributed by atoms with E-state index in [1.165, 1.54) is 11.1 Å². The maximum Gasteiger partial charge on any atom is 0.0629 e. The van der Waals surface area contributed by atoms with Crippen LogP contribution < -0.4 is 10.9 Å². The maximum absolute atomic E-state index is 3.33. The Morgan fingerprint density at radius 2 is 1.48 bits per heavy atom. The Bertz CT molecular complexity index is 546. The van der Waals surface area contributed by atoms with Crippen LogP contribution in [0.15, 0.2) is 54.6 Å². The fourth-order valence-electron chi connectivity index (χ4n) is 1.83. The minimum absolute atomic E-state index is 0.252. The molecule has 0 bridgehead atoms. The minimum atomic E-state index is 0.252. The molecule has 2 N–H and O–H groups in total. The van der Waals surface area contributed by atoms with E-state index in [2.05, 4.69) is 103 Å². The van der Waals surface area contributed by atoms with Gasteiger partial charge in [-0.1, -0.05) is 66.6 Å². The van der Waals surface area contributed by atoms with E-state index in [9.17, 15) is 0 Å². The number of nitrogens with zero attached hydrogens (tertiary/aromatic N) is 1. The van der Waals surface area contributed by atoms with Crippen LogP contribution in [0.5, 0.6) is 0 Å². The Morgan fingerprint density at radius 3 is 2.05 bits per heavy atom. The molecule has 0 heterocycles. The fourth-order valence-corrected chi connectivity index (χ4v) is 2.28. The highest BCUT2D eigenvalue weighted by atomic mass is 127. The topological polar surface area (TPSA) is 27.3 Å². The van der Waals surface area contributed by atoms with Crippen LogP contribution in [0.2, 0.25) is 0 Å². The van der Waals surface area contributed by atoms with Crippen molar-refractivity contribution < 1.29 is 0 Å². The third-order valence-corrected chi connectivity index (χ3v) is 3.55. The Balaban J connectivity index is 1.94. The monoisotopic (exact) mass is 395 g/mol. The van der Waals surface area contributed by atoms with Crippen molar-refractivity contribution >= 4 is 28.6 Å². The zero-order valence-electron chi connectivity index (χ0n) is 12.7. The van der Waals surface area contributed by atoms with Crippen LogP contribution in [0.25, 0.3) is 11.1 Å². The molecule has 0 aliphatic heterocycles. The van der Waals surface area contributed by atoms with E-state index in [4.69, 9.17) is 0 Å². The van der Waals surface area contributed by atoms with E-state index in [0.717, 1.165) is 12.2 Å². The van der Waals surface area contributed by atoms with Gasteiger partial charge in [0.25, 0.3) is 0 Å². The summed E-state index contributed by atoms with van der Waals surface area (Å²) >= 11 is 2.22. The molecule has 2 aromatic rings. The average molecular weight is 395 g/mol. The van der Waals surface area contributed by atoms with Gasteiger partial charge in [-0.2, -0.15) is 0 Å². The Morgan fingerprint density at radius 1 is 0.905 bits per heavy atom. The molecule has 0 amide bonds. The van der Waals surface area contributed by atoms with Gasteiger partial charge in [0.1, 0.15) is 0 Å². The first-order valence-electron chi connectivity index (χ1n) is 7.06. The van der Waals surface area contributed by atoms with E-state index in [0.29, 0.717) is 0 Å². The molecule has 4 heteroatoms. The minimum Gasteiger partial charge on any atom is -0.297 e. The molecule has 0 unspecified atom stereocenters. The molecular weight excluding hydrogens is 373 g/mol. The number of benzene rings is 2. The van der Waals surface area contributed by atoms with Gasteiger partial charge in [0, 0.05) is 6.54 Å². The number of halogens is 1. The van der Waals surface area contributed by atoms with Gasteiger partial charge in [-0.25, -0.2) is 5.43 Å². The van der Waals surface area contributed by atoms with Crippen LogP contribution in [0.3, 0.4) is 0 Å². The lowest BCUT2D eigenvalue weighted by Gasteiger charge is -2.24. The van der Waals surface area contributed by atoms with Crippen molar-refractivity contribution in [3.05, 3.63) is 54.6 Å². The summed E-state index contributed by atoms with van der Waals surface area (Å²) in [5.74, 6) is 0. The standard InChI is InChI=1S/C17H22IN3/c1-17(2,3)13-19-21(18)20-16-11-9-15(10-12-16)14-7-5-4-6-8-14/h4-12,19-20H,13H2,1-3H3. The summed E-state index contributed by atoms with van der Waals surface area (Å²) in [6, 6.07) is 18.8. The number of anilines is 1. The molecule has 0 aliphatic carbocycles. The van der Waals surface area contributed by atoms with Crippen LogP contribution in [0.4, 0.5) is 5.69 Å². The van der Waals surface area contributed by atoms with Crippen molar-refractivity contribution in [1.29, 1.82) is 0 Å². The molecule has 0 saturated carbocycles. The van der Waals surface area contributed by atoms with Gasteiger partial charge in [0.15, 0.2) is 0 Å². The largest absolute Gasteiger partial charge is 0.297 e. The molecule has 0 aromatic heterocycles. The van der Waals surface area contributed by atoms with Gasteiger partial charge in [0.05, 0.1) is 28.6 Å². The van der Waals surface area contributed by atoms with Crippen molar-refractivity contribution in [3.8, 4) is 11.1 Å². The zero-order chi connectivity index (χ0) is 15.3. The van der Waals surface area contributed by atoms with Crippen molar-refractivity contribution in [1.82, 2.24) is 8.76 Å². The normalized spacial score (nSPS) is 11.7. The SMILES string of the molecule is CC(C)(C)CNN(I)Nc1ccc(-c2ccccc2)cc1. The van der Waals surface area contributed by atoms with Gasteiger partial charge in [0.2, 0.25) is 0 Å². The molecule has 21 heavy (non-hydrogen) atoms. The molecular formula is C17H22IN3. The van der Waals surface area contributed by atoms with E-state index >= 15 is 0 Å². The molecule has 0 spiro atoms. The lowest BCUT2D eigenvalue weighted by Crippen LogP contribution is -2.39. The molecule has 3 nitrogen and oxygen atoms in total. The van der Waals surface area contributed by atoms with Gasteiger partial charge >= 0.3 is 0 Å². The number of rotatable bonds is 5. The van der Waals surface area contributed by atoms with Crippen molar-refractivity contribution in [2.24, 2.45) is 5.41 Å². The molecule has 2 aromatic carbocycles. The van der Waals surface area contributed by atoms with Crippen molar-refractivity contribution in [2.75, 3.05) is 12.0 Å². The molecule has 0 atom stereocenters. The second-order valence-electron chi connectivity index (χ2n) is 6.23. The van der Waals surface area contributed by atoms with Gasteiger partial charge in [-0.05, 0) is 28.7 Å². The maximum atomic E-state index is 3.33. The predicted octanol–water partition coefficient (Wildman–Crippen LogP) is 4.88. The fraction of sp³-hybridized carbons (Fsp3) is 0.294. The van der Waals surface area contributed by atoms with E-state index in [1.54, 1.807) is 0 Å². The zero-order valence-corrected chi connectivity index (χ0v) is 14.9. The highest BCUT2D eigenvalue weighted by Gasteiger charge is 2.11. The Hall–Kier alpha value is -1.11. The Labute approximate surface area is 141 Å². The molecule has 112 valence electrons. The summed E-state index contributed by atoms with van der Waals surface area (Å²) in [5.41, 5.74) is 10.4. The highest BCUT2D eigenvalue weighted by Crippen LogP contribution is 2.21. The first kappa shape index (κ1) is 16.3. The van der Waals surface area contributed by atoms with Gasteiger partial charge in [-0.3, -0.25) is 5.43 Å². The van der Waals surface area contributed by atoms with Crippen LogP contribution >= 0.6 is 22.9 Å². The number of nitrogens with one attached hydrogen (secondary N) is 2. The lowest BCUT2D eigenvalue weighted by molar-refractivity contribution is 0.312. The molecule has 0 saturated heterocycles. The number of hydrazine groups is 2. The summed E-state index contributed by atoms with van der Waals surface area (Å²) in [7, 11) is 0. The van der Waals surface area contributed by atoms with Crippen LogP contribution in [-0.4, -0.2) is 9.88 Å². The summed E-state index contributed by atoms with van der Waals surface area (Å²) in [6.07, 6.45) is 0. The summed E-state index contributed by atoms with van der Waals surface area (Å²) < 4.78 is 1.88. The molecule has 0 aliphatic rings. The van der Waals surface area contributed by atoms with E-state index in [-0.39, 0.29) is 5.41 Å². The number of hydrogen-bond acceptors (Lipinski definition) is 3. The molecule has 2 rings (SSSR count). The summed E-state index contributed by atoms with van der Waals surface area (Å²) in [4.78, 5) is 0. The van der Waals surface area contributed by atoms with Gasteiger partial charge < -0.3 is 0 Å². The Kier molecular flexibility index (Phi) is 5.61. The van der Waals surface area contributed by atoms with Gasteiger partial charge in [-0.15, -0.1) is 0 Å². The van der Waals surface area contributed by atoms with Crippen LogP contribution in [0.1, 0.15) is 20.8 Å². The van der Waals surface area contributed by atoms with Crippen molar-refractivity contribution in [2.45, 2.75) is 20.8 Å². The van der Waals surface area contributed by atoms with E-state index < -0.39 is 0 Å². The molecule has 0 fully saturated rings. The van der Waals surface area contributed by atoms with Crippen LogP contribution in [-0.2, 0) is 0 Å². The second kappa shape index (κ2) is 7.24. The molecule has 0 radical (unpaired) electrons. The van der Waals surface area contributed by atoms with Crippen molar-refractivity contribution in [3.63, 3.8) is 0 Å².